The number of hydrogen-bond donors (Lipinski definition) is 0. The first-order valence-electron chi connectivity index (χ1n) is 6.27. The lowest BCUT2D eigenvalue weighted by Crippen LogP contribution is -2.01. The van der Waals surface area contributed by atoms with E-state index in [4.69, 9.17) is 4.74 Å². The SMILES string of the molecule is COc1cccc2c1C(Cc1ccccc1)C=C2. The van der Waals surface area contributed by atoms with Crippen LogP contribution in [0.15, 0.2) is 54.6 Å². The van der Waals surface area contributed by atoms with Gasteiger partial charge in [-0.3, -0.25) is 0 Å². The number of rotatable bonds is 3. The van der Waals surface area contributed by atoms with Crippen LogP contribution in [-0.4, -0.2) is 7.11 Å². The van der Waals surface area contributed by atoms with Crippen LogP contribution in [0.25, 0.3) is 6.08 Å². The molecule has 1 nitrogen and oxygen atoms in total. The Morgan fingerprint density at radius 2 is 1.83 bits per heavy atom. The number of benzene rings is 2. The van der Waals surface area contributed by atoms with Crippen molar-refractivity contribution in [2.75, 3.05) is 7.11 Å². The molecule has 0 spiro atoms. The van der Waals surface area contributed by atoms with Crippen LogP contribution in [0.4, 0.5) is 0 Å². The minimum Gasteiger partial charge on any atom is -0.496 e. The van der Waals surface area contributed by atoms with Gasteiger partial charge in [0.1, 0.15) is 5.75 Å². The van der Waals surface area contributed by atoms with Gasteiger partial charge in [-0.15, -0.1) is 0 Å². The maximum absolute atomic E-state index is 5.48. The molecule has 2 aromatic rings. The highest BCUT2D eigenvalue weighted by atomic mass is 16.5. The van der Waals surface area contributed by atoms with Gasteiger partial charge in [0.25, 0.3) is 0 Å². The smallest absolute Gasteiger partial charge is 0.123 e. The minimum absolute atomic E-state index is 0.429. The molecule has 1 atom stereocenters. The molecule has 0 aliphatic heterocycles. The van der Waals surface area contributed by atoms with Crippen molar-refractivity contribution in [3.05, 3.63) is 71.3 Å². The molecule has 18 heavy (non-hydrogen) atoms. The number of hydrogen-bond acceptors (Lipinski definition) is 1. The van der Waals surface area contributed by atoms with Gasteiger partial charge in [-0.05, 0) is 23.6 Å². The Morgan fingerprint density at radius 3 is 2.61 bits per heavy atom. The van der Waals surface area contributed by atoms with Crippen LogP contribution in [0.3, 0.4) is 0 Å². The van der Waals surface area contributed by atoms with Gasteiger partial charge in [0.15, 0.2) is 0 Å². The van der Waals surface area contributed by atoms with Crippen molar-refractivity contribution in [1.29, 1.82) is 0 Å². The van der Waals surface area contributed by atoms with Crippen LogP contribution in [0.1, 0.15) is 22.6 Å². The first-order chi connectivity index (χ1) is 8.88. The average Bonchev–Trinajstić information content (AvgIpc) is 2.83. The van der Waals surface area contributed by atoms with E-state index in [0.717, 1.165) is 12.2 Å². The van der Waals surface area contributed by atoms with Crippen molar-refractivity contribution < 1.29 is 4.74 Å². The summed E-state index contributed by atoms with van der Waals surface area (Å²) in [5, 5.41) is 0. The topological polar surface area (TPSA) is 9.23 Å². The standard InChI is InChI=1S/C17H16O/c1-18-16-9-5-8-14-10-11-15(17(14)16)12-13-6-3-2-4-7-13/h2-11,15H,12H2,1H3. The predicted octanol–water partition coefficient (Wildman–Crippen LogP) is 4.05. The molecule has 0 fully saturated rings. The van der Waals surface area contributed by atoms with Crippen LogP contribution < -0.4 is 4.74 Å². The fourth-order valence-electron chi connectivity index (χ4n) is 2.64. The summed E-state index contributed by atoms with van der Waals surface area (Å²) in [4.78, 5) is 0. The van der Waals surface area contributed by atoms with Crippen LogP contribution >= 0.6 is 0 Å². The molecular formula is C17H16O. The summed E-state index contributed by atoms with van der Waals surface area (Å²) in [6.45, 7) is 0. The van der Waals surface area contributed by atoms with E-state index in [1.807, 2.05) is 12.1 Å². The van der Waals surface area contributed by atoms with E-state index in [1.165, 1.54) is 16.7 Å². The van der Waals surface area contributed by atoms with Crippen molar-refractivity contribution in [1.82, 2.24) is 0 Å². The van der Waals surface area contributed by atoms with E-state index in [9.17, 15) is 0 Å². The van der Waals surface area contributed by atoms with E-state index >= 15 is 0 Å². The second-order valence-corrected chi connectivity index (χ2v) is 4.62. The minimum atomic E-state index is 0.429. The molecule has 1 aliphatic carbocycles. The van der Waals surface area contributed by atoms with Crippen LogP contribution in [0.2, 0.25) is 0 Å². The van der Waals surface area contributed by atoms with E-state index in [2.05, 4.69) is 48.6 Å². The molecule has 3 rings (SSSR count). The summed E-state index contributed by atoms with van der Waals surface area (Å²) in [5.74, 6) is 1.43. The number of methoxy groups -OCH3 is 1. The second-order valence-electron chi connectivity index (χ2n) is 4.62. The Balaban J connectivity index is 1.93. The molecule has 0 heterocycles. The van der Waals surface area contributed by atoms with Crippen molar-refractivity contribution in [2.24, 2.45) is 0 Å². The van der Waals surface area contributed by atoms with Gasteiger partial charge >= 0.3 is 0 Å². The van der Waals surface area contributed by atoms with Gasteiger partial charge < -0.3 is 4.74 Å². The highest BCUT2D eigenvalue weighted by molar-refractivity contribution is 5.66. The van der Waals surface area contributed by atoms with Crippen molar-refractivity contribution in [2.45, 2.75) is 12.3 Å². The molecule has 0 bridgehead atoms. The maximum Gasteiger partial charge on any atom is 0.123 e. The number of allylic oxidation sites excluding steroid dienone is 1. The largest absolute Gasteiger partial charge is 0.496 e. The highest BCUT2D eigenvalue weighted by Crippen LogP contribution is 2.38. The zero-order valence-electron chi connectivity index (χ0n) is 10.5. The molecule has 1 aliphatic rings. The zero-order valence-corrected chi connectivity index (χ0v) is 10.5. The maximum atomic E-state index is 5.48. The predicted molar refractivity (Wildman–Crippen MR) is 74.9 cm³/mol. The van der Waals surface area contributed by atoms with Gasteiger partial charge in [0.05, 0.1) is 7.11 Å². The summed E-state index contributed by atoms with van der Waals surface area (Å²) in [7, 11) is 1.74. The first kappa shape index (κ1) is 11.1. The monoisotopic (exact) mass is 236 g/mol. The normalized spacial score (nSPS) is 16.6. The number of fused-ring (bicyclic) bond motifs is 1. The lowest BCUT2D eigenvalue weighted by molar-refractivity contribution is 0.408. The second kappa shape index (κ2) is 4.69. The zero-order chi connectivity index (χ0) is 12.4. The fourth-order valence-corrected chi connectivity index (χ4v) is 2.64. The third kappa shape index (κ3) is 1.92. The molecule has 0 amide bonds. The summed E-state index contributed by atoms with van der Waals surface area (Å²) < 4.78 is 5.48. The van der Waals surface area contributed by atoms with Crippen LogP contribution in [0, 0.1) is 0 Å². The summed E-state index contributed by atoms with van der Waals surface area (Å²) in [6.07, 6.45) is 5.51. The molecule has 1 heteroatoms. The third-order valence-corrected chi connectivity index (χ3v) is 3.50. The Bertz CT molecular complexity index is 569. The molecule has 0 N–H and O–H groups in total. The van der Waals surface area contributed by atoms with Crippen molar-refractivity contribution >= 4 is 6.08 Å². The average molecular weight is 236 g/mol. The van der Waals surface area contributed by atoms with Gasteiger partial charge in [0.2, 0.25) is 0 Å². The Kier molecular flexibility index (Phi) is 2.89. The summed E-state index contributed by atoms with van der Waals surface area (Å²) >= 11 is 0. The van der Waals surface area contributed by atoms with Crippen LogP contribution in [0.5, 0.6) is 5.75 Å². The number of ether oxygens (including phenoxy) is 1. The molecule has 90 valence electrons. The van der Waals surface area contributed by atoms with Crippen molar-refractivity contribution in [3.63, 3.8) is 0 Å². The molecular weight excluding hydrogens is 220 g/mol. The first-order valence-corrected chi connectivity index (χ1v) is 6.27. The Labute approximate surface area is 108 Å². The summed E-state index contributed by atoms with van der Waals surface area (Å²) in [6, 6.07) is 16.9. The molecule has 0 aromatic heterocycles. The van der Waals surface area contributed by atoms with E-state index < -0.39 is 0 Å². The summed E-state index contributed by atoms with van der Waals surface area (Å²) in [5.41, 5.74) is 3.98. The quantitative estimate of drug-likeness (QED) is 0.781. The fraction of sp³-hybridized carbons (Fsp3) is 0.176. The molecule has 0 saturated carbocycles. The van der Waals surface area contributed by atoms with E-state index in [1.54, 1.807) is 7.11 Å². The van der Waals surface area contributed by atoms with E-state index in [-0.39, 0.29) is 0 Å². The molecule has 1 unspecified atom stereocenters. The Morgan fingerprint density at radius 1 is 1.00 bits per heavy atom. The lowest BCUT2D eigenvalue weighted by Gasteiger charge is -2.15. The van der Waals surface area contributed by atoms with Gasteiger partial charge in [-0.25, -0.2) is 0 Å². The van der Waals surface area contributed by atoms with Crippen LogP contribution in [-0.2, 0) is 6.42 Å². The highest BCUT2D eigenvalue weighted by Gasteiger charge is 2.21. The Hall–Kier alpha value is -2.02. The molecule has 0 saturated heterocycles. The van der Waals surface area contributed by atoms with Crippen molar-refractivity contribution in [3.8, 4) is 5.75 Å². The third-order valence-electron chi connectivity index (χ3n) is 3.50. The van der Waals surface area contributed by atoms with Gasteiger partial charge in [-0.2, -0.15) is 0 Å². The van der Waals surface area contributed by atoms with E-state index in [0.29, 0.717) is 5.92 Å². The molecule has 2 aromatic carbocycles. The molecule has 0 radical (unpaired) electrons. The van der Waals surface area contributed by atoms with Gasteiger partial charge in [0, 0.05) is 11.5 Å². The van der Waals surface area contributed by atoms with Gasteiger partial charge in [-0.1, -0.05) is 54.6 Å². The lowest BCUT2D eigenvalue weighted by atomic mass is 9.93.